The quantitative estimate of drug-likeness (QED) is 0.0243. The molecule has 0 rings (SSSR count). The minimum absolute atomic E-state index is 0.0557. The van der Waals surface area contributed by atoms with Gasteiger partial charge in [0.2, 0.25) is 5.91 Å². The van der Waals surface area contributed by atoms with Gasteiger partial charge in [-0.25, -0.2) is 4.57 Å². The van der Waals surface area contributed by atoms with E-state index in [0.29, 0.717) is 17.4 Å². The topological polar surface area (TPSA) is 105 Å². The van der Waals surface area contributed by atoms with Crippen molar-refractivity contribution in [2.24, 2.45) is 0 Å². The van der Waals surface area contributed by atoms with Gasteiger partial charge in [0, 0.05) is 6.42 Å². The number of aliphatic hydroxyl groups is 1. The van der Waals surface area contributed by atoms with E-state index in [-0.39, 0.29) is 19.1 Å². The number of hydrogen-bond donors (Lipinski definition) is 3. The first-order valence-electron chi connectivity index (χ1n) is 26.4. The van der Waals surface area contributed by atoms with Crippen molar-refractivity contribution in [3.8, 4) is 0 Å². The average molecular weight is 896 g/mol. The maximum Gasteiger partial charge on any atom is 0.472 e. The third kappa shape index (κ3) is 46.7. The van der Waals surface area contributed by atoms with Crippen molar-refractivity contribution < 1.29 is 32.9 Å². The molecule has 62 heavy (non-hydrogen) atoms. The van der Waals surface area contributed by atoms with E-state index in [1.165, 1.54) is 186 Å². The lowest BCUT2D eigenvalue weighted by molar-refractivity contribution is -0.870. The van der Waals surface area contributed by atoms with E-state index in [2.05, 4.69) is 43.5 Å². The second kappa shape index (κ2) is 44.9. The van der Waals surface area contributed by atoms with E-state index in [1.54, 1.807) is 6.08 Å². The molecule has 0 aromatic carbocycles. The highest BCUT2D eigenvalue weighted by Gasteiger charge is 2.27. The number of likely N-dealkylation sites (N-methyl/N-ethyl adjacent to an activating group) is 1. The smallest absolute Gasteiger partial charge is 0.387 e. The first-order chi connectivity index (χ1) is 30.0. The molecule has 0 aromatic heterocycles. The van der Waals surface area contributed by atoms with Crippen LogP contribution in [0.1, 0.15) is 245 Å². The van der Waals surface area contributed by atoms with Crippen molar-refractivity contribution in [1.82, 2.24) is 5.32 Å². The van der Waals surface area contributed by atoms with Gasteiger partial charge in [-0.1, -0.05) is 217 Å². The van der Waals surface area contributed by atoms with Gasteiger partial charge in [0.25, 0.3) is 0 Å². The Morgan fingerprint density at radius 3 is 1.29 bits per heavy atom. The molecule has 0 spiro atoms. The van der Waals surface area contributed by atoms with Crippen LogP contribution >= 0.6 is 7.82 Å². The Bertz CT molecular complexity index is 1110. The molecule has 0 aromatic rings. The lowest BCUT2D eigenvalue weighted by Gasteiger charge is -2.25. The molecule has 366 valence electrons. The molecular formula is C53H104N2O6P+. The van der Waals surface area contributed by atoms with Crippen LogP contribution in [0.25, 0.3) is 0 Å². The normalized spacial score (nSPS) is 14.4. The fourth-order valence-electron chi connectivity index (χ4n) is 7.64. The highest BCUT2D eigenvalue weighted by Crippen LogP contribution is 2.43. The predicted molar refractivity (Wildman–Crippen MR) is 268 cm³/mol. The van der Waals surface area contributed by atoms with Crippen molar-refractivity contribution in [2.75, 3.05) is 40.9 Å². The maximum atomic E-state index is 12.9. The third-order valence-corrected chi connectivity index (χ3v) is 12.8. The minimum atomic E-state index is -4.35. The number of unbranched alkanes of at least 4 members (excludes halogenated alkanes) is 31. The van der Waals surface area contributed by atoms with Crippen LogP contribution in [-0.2, 0) is 18.4 Å². The summed E-state index contributed by atoms with van der Waals surface area (Å²) in [7, 11) is 1.56. The third-order valence-electron chi connectivity index (χ3n) is 11.8. The number of hydrogen-bond acceptors (Lipinski definition) is 5. The number of quaternary nitrogens is 1. The number of amides is 1. The molecule has 0 aliphatic heterocycles. The van der Waals surface area contributed by atoms with Gasteiger partial charge in [-0.3, -0.25) is 13.8 Å². The van der Waals surface area contributed by atoms with Gasteiger partial charge < -0.3 is 19.8 Å². The van der Waals surface area contributed by atoms with Gasteiger partial charge in [0.15, 0.2) is 0 Å². The van der Waals surface area contributed by atoms with Gasteiger partial charge >= 0.3 is 7.82 Å². The summed E-state index contributed by atoms with van der Waals surface area (Å²) in [5, 5.41) is 13.9. The van der Waals surface area contributed by atoms with Crippen LogP contribution in [0.2, 0.25) is 0 Å². The summed E-state index contributed by atoms with van der Waals surface area (Å²) in [4.78, 5) is 23.2. The van der Waals surface area contributed by atoms with Crippen molar-refractivity contribution in [3.05, 3.63) is 36.5 Å². The number of aliphatic hydroxyl groups excluding tert-OH is 1. The first kappa shape index (κ1) is 60.7. The largest absolute Gasteiger partial charge is 0.472 e. The number of carbonyl (C=O) groups is 1. The Morgan fingerprint density at radius 1 is 0.532 bits per heavy atom. The highest BCUT2D eigenvalue weighted by molar-refractivity contribution is 7.47. The molecule has 0 fully saturated rings. The Morgan fingerprint density at radius 2 is 0.887 bits per heavy atom. The number of rotatable bonds is 48. The Labute approximate surface area is 385 Å². The first-order valence-corrected chi connectivity index (χ1v) is 27.9. The maximum absolute atomic E-state index is 12.9. The van der Waals surface area contributed by atoms with E-state index >= 15 is 0 Å². The Hall–Kier alpha value is -1.28. The lowest BCUT2D eigenvalue weighted by atomic mass is 10.0. The fraction of sp³-hybridized carbons (Fsp3) is 0.868. The van der Waals surface area contributed by atoms with Crippen LogP contribution in [-0.4, -0.2) is 73.4 Å². The number of allylic oxidation sites excluding steroid dienone is 5. The van der Waals surface area contributed by atoms with Crippen LogP contribution in [0.15, 0.2) is 36.5 Å². The molecule has 1 amide bonds. The summed E-state index contributed by atoms with van der Waals surface area (Å²) >= 11 is 0. The van der Waals surface area contributed by atoms with Gasteiger partial charge in [0.1, 0.15) is 13.2 Å². The molecule has 0 saturated heterocycles. The van der Waals surface area contributed by atoms with Crippen molar-refractivity contribution >= 4 is 13.7 Å². The number of carbonyl (C=O) groups excluding carboxylic acids is 1. The van der Waals surface area contributed by atoms with Gasteiger partial charge in [0.05, 0.1) is 39.9 Å². The summed E-state index contributed by atoms with van der Waals surface area (Å²) in [6.07, 6.45) is 56.6. The Kier molecular flexibility index (Phi) is 44.0. The molecule has 3 N–H and O–H groups in total. The molecule has 0 heterocycles. The SMILES string of the molecule is CCCCCCCC/C=C\CCCCCCCCCC(=O)NC(COP(=O)(O)OCC[N+](C)(C)C)C(O)/C=C/CC/C=C/CCCCCCCCCCCCCCCCCCC. The molecule has 3 unspecified atom stereocenters. The van der Waals surface area contributed by atoms with Crippen LogP contribution in [0.4, 0.5) is 0 Å². The van der Waals surface area contributed by atoms with Crippen LogP contribution in [0.5, 0.6) is 0 Å². The average Bonchev–Trinajstić information content (AvgIpc) is 3.23. The molecule has 0 aliphatic rings. The zero-order chi connectivity index (χ0) is 45.7. The minimum Gasteiger partial charge on any atom is -0.387 e. The van der Waals surface area contributed by atoms with Crippen molar-refractivity contribution in [2.45, 2.75) is 257 Å². The molecule has 8 nitrogen and oxygen atoms in total. The number of phosphoric ester groups is 1. The molecule has 9 heteroatoms. The summed E-state index contributed by atoms with van der Waals surface area (Å²) in [6.45, 7) is 4.81. The monoisotopic (exact) mass is 896 g/mol. The summed E-state index contributed by atoms with van der Waals surface area (Å²) in [5.74, 6) is -0.190. The van der Waals surface area contributed by atoms with E-state index in [1.807, 2.05) is 27.2 Å². The van der Waals surface area contributed by atoms with Crippen molar-refractivity contribution in [1.29, 1.82) is 0 Å². The van der Waals surface area contributed by atoms with E-state index < -0.39 is 20.0 Å². The van der Waals surface area contributed by atoms with Crippen LogP contribution < -0.4 is 5.32 Å². The fourth-order valence-corrected chi connectivity index (χ4v) is 8.38. The zero-order valence-corrected chi connectivity index (χ0v) is 42.5. The standard InChI is InChI=1S/C53H103N2O6P/c1-6-8-10-12-14-16-18-20-22-24-25-26-27-28-29-31-32-34-36-38-40-42-44-46-52(56)51(50-61-62(58,59)60-49-48-55(3,4)5)54-53(57)47-45-43-41-39-37-35-33-30-23-21-19-17-15-13-11-9-7-2/h21,23,36,38,44,46,51-52,56H,6-20,22,24-35,37,39-43,45,47-50H2,1-5H3,(H-,54,57,58,59)/p+1/b23-21-,38-36+,46-44+. The molecule has 0 bridgehead atoms. The molecule has 3 atom stereocenters. The molecule has 0 aliphatic carbocycles. The predicted octanol–water partition coefficient (Wildman–Crippen LogP) is 15.4. The van der Waals surface area contributed by atoms with E-state index in [4.69, 9.17) is 9.05 Å². The molecule has 0 saturated carbocycles. The molecule has 0 radical (unpaired) electrons. The number of nitrogens with zero attached hydrogens (tertiary/aromatic N) is 1. The highest BCUT2D eigenvalue weighted by atomic mass is 31.2. The Balaban J connectivity index is 4.33. The van der Waals surface area contributed by atoms with Gasteiger partial charge in [-0.05, 0) is 57.8 Å². The van der Waals surface area contributed by atoms with Crippen LogP contribution in [0, 0.1) is 0 Å². The number of phosphoric acid groups is 1. The van der Waals surface area contributed by atoms with Gasteiger partial charge in [-0.2, -0.15) is 0 Å². The van der Waals surface area contributed by atoms with E-state index in [0.717, 1.165) is 38.5 Å². The lowest BCUT2D eigenvalue weighted by Crippen LogP contribution is -2.45. The zero-order valence-electron chi connectivity index (χ0n) is 41.6. The summed E-state index contributed by atoms with van der Waals surface area (Å²) in [5.41, 5.74) is 0. The summed E-state index contributed by atoms with van der Waals surface area (Å²) < 4.78 is 23.6. The number of nitrogens with one attached hydrogen (secondary N) is 1. The van der Waals surface area contributed by atoms with E-state index in [9.17, 15) is 19.4 Å². The van der Waals surface area contributed by atoms with Crippen LogP contribution in [0.3, 0.4) is 0 Å². The second-order valence-corrected chi connectivity index (χ2v) is 20.7. The second-order valence-electron chi connectivity index (χ2n) is 19.2. The molecular weight excluding hydrogens is 792 g/mol. The van der Waals surface area contributed by atoms with Crippen molar-refractivity contribution in [3.63, 3.8) is 0 Å². The van der Waals surface area contributed by atoms with Gasteiger partial charge in [-0.15, -0.1) is 0 Å². The summed E-state index contributed by atoms with van der Waals surface area (Å²) in [6, 6.07) is -0.865.